The van der Waals surface area contributed by atoms with Gasteiger partial charge in [0.15, 0.2) is 0 Å². The van der Waals surface area contributed by atoms with Gasteiger partial charge in [-0.2, -0.15) is 5.10 Å². The van der Waals surface area contributed by atoms with Crippen molar-refractivity contribution in [1.82, 2.24) is 14.7 Å². The van der Waals surface area contributed by atoms with Crippen LogP contribution in [0.3, 0.4) is 0 Å². The number of rotatable bonds is 9. The Hall–Kier alpha value is -4.13. The average molecular weight is 488 g/mol. The number of amides is 1. The second-order valence-electron chi connectivity index (χ2n) is 8.56. The van der Waals surface area contributed by atoms with Gasteiger partial charge in [-0.3, -0.25) is 4.79 Å². The van der Waals surface area contributed by atoms with Crippen LogP contribution in [-0.4, -0.2) is 33.7 Å². The smallest absolute Gasteiger partial charge is 0.257 e. The van der Waals surface area contributed by atoms with E-state index < -0.39 is 5.82 Å². The van der Waals surface area contributed by atoms with Crippen LogP contribution >= 0.6 is 0 Å². The van der Waals surface area contributed by atoms with Crippen molar-refractivity contribution in [1.29, 1.82) is 0 Å². The normalized spacial score (nSPS) is 11.7. The number of para-hydroxylation sites is 1. The summed E-state index contributed by atoms with van der Waals surface area (Å²) < 4.78 is 27.9. The molecule has 0 aliphatic carbocycles. The first-order valence-electron chi connectivity index (χ1n) is 11.9. The molecule has 1 aromatic heterocycles. The standard InChI is InChI=1S/C29H30FN3O3/c1-5-20(2)32(28(34)25-13-9-10-14-27(25)30)19-26-21(3)31-33(22-11-7-6-8-12-22)29(26)36-24-17-15-23(35-4)16-18-24/h6-18,20H,5,19H2,1-4H3/t20-/m1/s1. The minimum Gasteiger partial charge on any atom is -0.497 e. The molecule has 0 saturated heterocycles. The Kier molecular flexibility index (Phi) is 7.68. The molecular formula is C29H30FN3O3. The van der Waals surface area contributed by atoms with E-state index >= 15 is 0 Å². The number of nitrogens with zero attached hydrogens (tertiary/aromatic N) is 3. The fourth-order valence-electron chi connectivity index (χ4n) is 3.93. The predicted octanol–water partition coefficient (Wildman–Crippen LogP) is 6.56. The molecule has 0 N–H and O–H groups in total. The van der Waals surface area contributed by atoms with E-state index in [2.05, 4.69) is 0 Å². The third-order valence-electron chi connectivity index (χ3n) is 6.23. The van der Waals surface area contributed by atoms with Crippen LogP contribution in [0.25, 0.3) is 5.69 Å². The van der Waals surface area contributed by atoms with Crippen LogP contribution in [0.4, 0.5) is 4.39 Å². The van der Waals surface area contributed by atoms with E-state index in [0.29, 0.717) is 23.8 Å². The fraction of sp³-hybridized carbons (Fsp3) is 0.241. The number of methoxy groups -OCH3 is 1. The lowest BCUT2D eigenvalue weighted by Crippen LogP contribution is -2.38. The van der Waals surface area contributed by atoms with Gasteiger partial charge in [0.05, 0.1) is 36.2 Å². The summed E-state index contributed by atoms with van der Waals surface area (Å²) in [6, 6.07) is 22.9. The highest BCUT2D eigenvalue weighted by atomic mass is 19.1. The zero-order valence-corrected chi connectivity index (χ0v) is 20.9. The van der Waals surface area contributed by atoms with Crippen LogP contribution in [-0.2, 0) is 6.54 Å². The Labute approximate surface area is 210 Å². The third-order valence-corrected chi connectivity index (χ3v) is 6.23. The zero-order chi connectivity index (χ0) is 25.7. The molecule has 1 heterocycles. The Morgan fingerprint density at radius 1 is 1.00 bits per heavy atom. The van der Waals surface area contributed by atoms with Gasteiger partial charge in [-0.15, -0.1) is 0 Å². The summed E-state index contributed by atoms with van der Waals surface area (Å²) in [7, 11) is 1.61. The number of carbonyl (C=O) groups is 1. The van der Waals surface area contributed by atoms with E-state index in [-0.39, 0.29) is 24.1 Å². The molecule has 7 heteroatoms. The lowest BCUT2D eigenvalue weighted by Gasteiger charge is -2.29. The summed E-state index contributed by atoms with van der Waals surface area (Å²) in [4.78, 5) is 15.2. The molecule has 186 valence electrons. The maximum atomic E-state index is 14.5. The van der Waals surface area contributed by atoms with Crippen molar-refractivity contribution in [2.75, 3.05) is 7.11 Å². The lowest BCUT2D eigenvalue weighted by atomic mass is 10.1. The van der Waals surface area contributed by atoms with Crippen LogP contribution < -0.4 is 9.47 Å². The molecule has 0 spiro atoms. The molecule has 36 heavy (non-hydrogen) atoms. The summed E-state index contributed by atoms with van der Waals surface area (Å²) in [6.45, 7) is 6.06. The highest BCUT2D eigenvalue weighted by Gasteiger charge is 2.28. The van der Waals surface area contributed by atoms with Gasteiger partial charge in [0, 0.05) is 6.04 Å². The first kappa shape index (κ1) is 25.0. The Bertz CT molecular complexity index is 1320. The summed E-state index contributed by atoms with van der Waals surface area (Å²) in [5.41, 5.74) is 2.34. The van der Waals surface area contributed by atoms with Crippen molar-refractivity contribution in [3.05, 3.63) is 102 Å². The van der Waals surface area contributed by atoms with Crippen LogP contribution in [0.1, 0.15) is 41.9 Å². The Balaban J connectivity index is 1.78. The molecule has 0 aliphatic rings. The molecule has 0 aliphatic heterocycles. The van der Waals surface area contributed by atoms with Gasteiger partial charge in [0.2, 0.25) is 5.88 Å². The van der Waals surface area contributed by atoms with Gasteiger partial charge in [-0.25, -0.2) is 9.07 Å². The molecular weight excluding hydrogens is 457 g/mol. The highest BCUT2D eigenvalue weighted by Crippen LogP contribution is 2.33. The zero-order valence-electron chi connectivity index (χ0n) is 20.9. The maximum Gasteiger partial charge on any atom is 0.257 e. The fourth-order valence-corrected chi connectivity index (χ4v) is 3.93. The average Bonchev–Trinajstić information content (AvgIpc) is 3.22. The van der Waals surface area contributed by atoms with Crippen molar-refractivity contribution in [3.8, 4) is 23.1 Å². The number of ether oxygens (including phenoxy) is 2. The van der Waals surface area contributed by atoms with Gasteiger partial charge < -0.3 is 14.4 Å². The van der Waals surface area contributed by atoms with E-state index in [9.17, 15) is 9.18 Å². The molecule has 1 amide bonds. The van der Waals surface area contributed by atoms with E-state index in [1.54, 1.807) is 28.8 Å². The van der Waals surface area contributed by atoms with E-state index in [4.69, 9.17) is 14.6 Å². The molecule has 0 unspecified atom stereocenters. The largest absolute Gasteiger partial charge is 0.497 e. The quantitative estimate of drug-likeness (QED) is 0.268. The number of aryl methyl sites for hydroxylation is 1. The van der Waals surface area contributed by atoms with Crippen LogP contribution in [0.2, 0.25) is 0 Å². The second kappa shape index (κ2) is 11.1. The van der Waals surface area contributed by atoms with E-state index in [0.717, 1.165) is 16.9 Å². The van der Waals surface area contributed by atoms with Crippen LogP contribution in [0.5, 0.6) is 17.4 Å². The molecule has 1 atom stereocenters. The van der Waals surface area contributed by atoms with Crippen molar-refractivity contribution >= 4 is 5.91 Å². The number of hydrogen-bond acceptors (Lipinski definition) is 4. The molecule has 0 radical (unpaired) electrons. The molecule has 4 aromatic rings. The molecule has 4 rings (SSSR count). The van der Waals surface area contributed by atoms with Crippen molar-refractivity contribution < 1.29 is 18.7 Å². The first-order valence-corrected chi connectivity index (χ1v) is 11.9. The monoisotopic (exact) mass is 487 g/mol. The van der Waals surface area contributed by atoms with E-state index in [1.165, 1.54) is 12.1 Å². The van der Waals surface area contributed by atoms with Crippen molar-refractivity contribution in [2.45, 2.75) is 39.8 Å². The van der Waals surface area contributed by atoms with Crippen molar-refractivity contribution in [3.63, 3.8) is 0 Å². The van der Waals surface area contributed by atoms with E-state index in [1.807, 2.05) is 75.4 Å². The molecule has 0 bridgehead atoms. The maximum absolute atomic E-state index is 14.5. The Morgan fingerprint density at radius 3 is 2.28 bits per heavy atom. The Morgan fingerprint density at radius 2 is 1.64 bits per heavy atom. The molecule has 0 saturated carbocycles. The summed E-state index contributed by atoms with van der Waals surface area (Å²) in [5.74, 6) is 0.906. The number of aromatic nitrogens is 2. The van der Waals surface area contributed by atoms with Crippen LogP contribution in [0, 0.1) is 12.7 Å². The number of carbonyl (C=O) groups excluding carboxylic acids is 1. The molecule has 3 aromatic carbocycles. The number of benzene rings is 3. The summed E-state index contributed by atoms with van der Waals surface area (Å²) in [6.07, 6.45) is 0.709. The SMILES string of the molecule is CC[C@@H](C)N(Cc1c(C)nn(-c2ccccc2)c1Oc1ccc(OC)cc1)C(=O)c1ccccc1F. The van der Waals surface area contributed by atoms with Gasteiger partial charge >= 0.3 is 0 Å². The van der Waals surface area contributed by atoms with Gasteiger partial charge in [-0.05, 0) is 68.8 Å². The van der Waals surface area contributed by atoms with Crippen LogP contribution in [0.15, 0.2) is 78.9 Å². The summed E-state index contributed by atoms with van der Waals surface area (Å²) in [5, 5.41) is 4.75. The predicted molar refractivity (Wildman–Crippen MR) is 137 cm³/mol. The third kappa shape index (κ3) is 5.25. The molecule has 0 fully saturated rings. The number of hydrogen-bond donors (Lipinski definition) is 0. The highest BCUT2D eigenvalue weighted by molar-refractivity contribution is 5.94. The number of halogens is 1. The second-order valence-corrected chi connectivity index (χ2v) is 8.56. The first-order chi connectivity index (χ1) is 17.4. The van der Waals surface area contributed by atoms with Gasteiger partial charge in [0.25, 0.3) is 5.91 Å². The lowest BCUT2D eigenvalue weighted by molar-refractivity contribution is 0.0665. The van der Waals surface area contributed by atoms with Gasteiger partial charge in [-0.1, -0.05) is 37.3 Å². The minimum atomic E-state index is -0.540. The summed E-state index contributed by atoms with van der Waals surface area (Å²) >= 11 is 0. The van der Waals surface area contributed by atoms with Crippen molar-refractivity contribution in [2.24, 2.45) is 0 Å². The minimum absolute atomic E-state index is 0.0449. The van der Waals surface area contributed by atoms with Gasteiger partial charge in [0.1, 0.15) is 17.3 Å². The molecule has 6 nitrogen and oxygen atoms in total. The topological polar surface area (TPSA) is 56.6 Å².